The molecule has 0 spiro atoms. The fourth-order valence-corrected chi connectivity index (χ4v) is 3.01. The van der Waals surface area contributed by atoms with Gasteiger partial charge < -0.3 is 5.32 Å². The molecule has 0 radical (unpaired) electrons. The van der Waals surface area contributed by atoms with E-state index in [2.05, 4.69) is 24.1 Å². The van der Waals surface area contributed by atoms with E-state index < -0.39 is 6.55 Å². The largest absolute Gasteiger partial charge is 0.319 e. The quantitative estimate of drug-likeness (QED) is 0.897. The minimum atomic E-state index is -2.51. The molecule has 1 fully saturated rings. The Morgan fingerprint density at radius 1 is 1.33 bits per heavy atom. The molecule has 1 aliphatic rings. The van der Waals surface area contributed by atoms with Gasteiger partial charge in [-0.05, 0) is 31.1 Å². The standard InChI is InChI=1S/C13H21F2N3/c1-9-5-10(2)7-11(6-9)17-8-12-16-3-4-18(12)13(14)15/h3-4,9-11,13,17H,5-8H2,1-2H3. The SMILES string of the molecule is CC1CC(C)CC(NCc2nccn2C(F)F)C1. The zero-order valence-corrected chi connectivity index (χ0v) is 10.9. The predicted octanol–water partition coefficient (Wildman–Crippen LogP) is 3.19. The zero-order chi connectivity index (χ0) is 13.1. The third-order valence-electron chi connectivity index (χ3n) is 3.69. The molecule has 5 heteroatoms. The summed E-state index contributed by atoms with van der Waals surface area (Å²) in [5.41, 5.74) is 0. The topological polar surface area (TPSA) is 29.9 Å². The molecular formula is C13H21F2N3. The summed E-state index contributed by atoms with van der Waals surface area (Å²) in [6.07, 6.45) is 6.27. The van der Waals surface area contributed by atoms with Gasteiger partial charge in [0.25, 0.3) is 0 Å². The number of nitrogens with one attached hydrogen (secondary N) is 1. The van der Waals surface area contributed by atoms with E-state index in [1.54, 1.807) is 0 Å². The lowest BCUT2D eigenvalue weighted by Gasteiger charge is -2.32. The minimum Gasteiger partial charge on any atom is -0.307 e. The molecule has 2 atom stereocenters. The lowest BCUT2D eigenvalue weighted by atomic mass is 9.80. The van der Waals surface area contributed by atoms with Crippen LogP contribution in [0.3, 0.4) is 0 Å². The molecule has 1 aliphatic carbocycles. The number of alkyl halides is 2. The fraction of sp³-hybridized carbons (Fsp3) is 0.769. The first-order valence-electron chi connectivity index (χ1n) is 6.59. The number of imidazole rings is 1. The van der Waals surface area contributed by atoms with Crippen LogP contribution in [0.25, 0.3) is 0 Å². The van der Waals surface area contributed by atoms with Crippen LogP contribution in [0.2, 0.25) is 0 Å². The number of rotatable bonds is 4. The monoisotopic (exact) mass is 257 g/mol. The van der Waals surface area contributed by atoms with Gasteiger partial charge in [0.15, 0.2) is 0 Å². The fourth-order valence-electron chi connectivity index (χ4n) is 3.01. The van der Waals surface area contributed by atoms with Crippen molar-refractivity contribution in [1.29, 1.82) is 0 Å². The summed E-state index contributed by atoms with van der Waals surface area (Å²) in [5, 5.41) is 3.36. The molecule has 0 saturated heterocycles. The summed E-state index contributed by atoms with van der Waals surface area (Å²) >= 11 is 0. The molecule has 18 heavy (non-hydrogen) atoms. The zero-order valence-electron chi connectivity index (χ0n) is 10.9. The van der Waals surface area contributed by atoms with E-state index >= 15 is 0 Å². The van der Waals surface area contributed by atoms with E-state index in [-0.39, 0.29) is 0 Å². The van der Waals surface area contributed by atoms with Crippen LogP contribution in [0.4, 0.5) is 8.78 Å². The Morgan fingerprint density at radius 3 is 2.61 bits per heavy atom. The Morgan fingerprint density at radius 2 is 2.00 bits per heavy atom. The van der Waals surface area contributed by atoms with Crippen LogP contribution >= 0.6 is 0 Å². The van der Waals surface area contributed by atoms with Crippen molar-refractivity contribution in [2.24, 2.45) is 11.8 Å². The van der Waals surface area contributed by atoms with Crippen molar-refractivity contribution in [3.8, 4) is 0 Å². The molecule has 0 aromatic carbocycles. The highest BCUT2D eigenvalue weighted by Gasteiger charge is 2.24. The molecule has 0 amide bonds. The Labute approximate surface area is 107 Å². The van der Waals surface area contributed by atoms with Crippen LogP contribution in [0.1, 0.15) is 45.5 Å². The lowest BCUT2D eigenvalue weighted by molar-refractivity contribution is 0.0662. The maximum absolute atomic E-state index is 12.6. The summed E-state index contributed by atoms with van der Waals surface area (Å²) in [7, 11) is 0. The molecule has 2 rings (SSSR count). The number of hydrogen-bond donors (Lipinski definition) is 1. The molecule has 3 nitrogen and oxygen atoms in total. The second kappa shape index (κ2) is 5.78. The molecule has 1 aromatic heterocycles. The smallest absolute Gasteiger partial charge is 0.307 e. The van der Waals surface area contributed by atoms with Gasteiger partial charge in [-0.25, -0.2) is 4.98 Å². The first-order valence-corrected chi connectivity index (χ1v) is 6.59. The molecule has 1 N–H and O–H groups in total. The number of aromatic nitrogens is 2. The first kappa shape index (κ1) is 13.5. The second-order valence-corrected chi connectivity index (χ2v) is 5.52. The van der Waals surface area contributed by atoms with Gasteiger partial charge in [0.05, 0.1) is 6.54 Å². The minimum absolute atomic E-state index is 0.413. The third kappa shape index (κ3) is 3.28. The van der Waals surface area contributed by atoms with Crippen LogP contribution in [0, 0.1) is 11.8 Å². The average Bonchev–Trinajstić information content (AvgIpc) is 2.73. The molecule has 0 aliphatic heterocycles. The molecule has 1 saturated carbocycles. The average molecular weight is 257 g/mol. The number of halogens is 2. The second-order valence-electron chi connectivity index (χ2n) is 5.52. The number of nitrogens with zero attached hydrogens (tertiary/aromatic N) is 2. The van der Waals surface area contributed by atoms with Crippen molar-refractivity contribution in [3.63, 3.8) is 0 Å². The molecular weight excluding hydrogens is 236 g/mol. The van der Waals surface area contributed by atoms with Crippen molar-refractivity contribution < 1.29 is 8.78 Å². The Balaban J connectivity index is 1.89. The van der Waals surface area contributed by atoms with Crippen molar-refractivity contribution in [3.05, 3.63) is 18.2 Å². The molecule has 0 bridgehead atoms. The van der Waals surface area contributed by atoms with E-state index in [0.717, 1.165) is 17.4 Å². The van der Waals surface area contributed by atoms with Gasteiger partial charge in [-0.1, -0.05) is 13.8 Å². The lowest BCUT2D eigenvalue weighted by Crippen LogP contribution is -2.36. The molecule has 1 heterocycles. The summed E-state index contributed by atoms with van der Waals surface area (Å²) in [4.78, 5) is 3.98. The molecule has 2 unspecified atom stereocenters. The van der Waals surface area contributed by atoms with Crippen LogP contribution in [-0.2, 0) is 6.54 Å². The van der Waals surface area contributed by atoms with E-state index in [1.807, 2.05) is 0 Å². The Hall–Kier alpha value is -0.970. The van der Waals surface area contributed by atoms with Crippen molar-refractivity contribution in [1.82, 2.24) is 14.9 Å². The third-order valence-corrected chi connectivity index (χ3v) is 3.69. The summed E-state index contributed by atoms with van der Waals surface area (Å²) in [6, 6.07) is 0.423. The molecule has 1 aromatic rings. The highest BCUT2D eigenvalue weighted by molar-refractivity contribution is 4.93. The van der Waals surface area contributed by atoms with Gasteiger partial charge in [0.1, 0.15) is 5.82 Å². The van der Waals surface area contributed by atoms with Gasteiger partial charge in [-0.15, -0.1) is 0 Å². The first-order chi connectivity index (χ1) is 8.56. The maximum atomic E-state index is 12.6. The van der Waals surface area contributed by atoms with Crippen molar-refractivity contribution in [2.45, 2.75) is 52.2 Å². The van der Waals surface area contributed by atoms with Crippen LogP contribution in [0.15, 0.2) is 12.4 Å². The van der Waals surface area contributed by atoms with Crippen LogP contribution < -0.4 is 5.32 Å². The van der Waals surface area contributed by atoms with E-state index in [9.17, 15) is 8.78 Å². The highest BCUT2D eigenvalue weighted by atomic mass is 19.3. The van der Waals surface area contributed by atoms with Crippen LogP contribution in [-0.4, -0.2) is 15.6 Å². The van der Waals surface area contributed by atoms with Gasteiger partial charge >= 0.3 is 6.55 Å². The van der Waals surface area contributed by atoms with Gasteiger partial charge in [0.2, 0.25) is 0 Å². The van der Waals surface area contributed by atoms with Crippen molar-refractivity contribution >= 4 is 0 Å². The molecule has 102 valence electrons. The van der Waals surface area contributed by atoms with Crippen molar-refractivity contribution in [2.75, 3.05) is 0 Å². The Kier molecular flexibility index (Phi) is 4.32. The highest BCUT2D eigenvalue weighted by Crippen LogP contribution is 2.28. The summed E-state index contributed by atoms with van der Waals surface area (Å²) < 4.78 is 26.2. The van der Waals surface area contributed by atoms with Crippen LogP contribution in [0.5, 0.6) is 0 Å². The summed E-state index contributed by atoms with van der Waals surface area (Å²) in [5.74, 6) is 1.83. The normalized spacial score (nSPS) is 28.8. The van der Waals surface area contributed by atoms with E-state index in [0.29, 0.717) is 30.2 Å². The number of hydrogen-bond acceptors (Lipinski definition) is 2. The summed E-state index contributed by atoms with van der Waals surface area (Å²) in [6.45, 7) is 2.42. The van der Waals surface area contributed by atoms with Gasteiger partial charge in [-0.3, -0.25) is 4.57 Å². The maximum Gasteiger partial charge on any atom is 0.319 e. The Bertz CT molecular complexity index is 368. The van der Waals surface area contributed by atoms with Gasteiger partial charge in [0, 0.05) is 18.4 Å². The van der Waals surface area contributed by atoms with Gasteiger partial charge in [-0.2, -0.15) is 8.78 Å². The van der Waals surface area contributed by atoms with E-state index in [4.69, 9.17) is 0 Å². The van der Waals surface area contributed by atoms with E-state index in [1.165, 1.54) is 18.8 Å². The predicted molar refractivity (Wildman–Crippen MR) is 66.3 cm³/mol.